The number of ether oxygens (including phenoxy) is 3. The van der Waals surface area contributed by atoms with Crippen LogP contribution in [-0.2, 0) is 9.53 Å². The molecule has 3 rings (SSSR count). The van der Waals surface area contributed by atoms with Gasteiger partial charge in [-0.3, -0.25) is 9.69 Å². The first-order valence-electron chi connectivity index (χ1n) is 8.74. The summed E-state index contributed by atoms with van der Waals surface area (Å²) in [5, 5.41) is 2.95. The van der Waals surface area contributed by atoms with Gasteiger partial charge in [0.25, 0.3) is 0 Å². The van der Waals surface area contributed by atoms with Crippen LogP contribution in [0.1, 0.15) is 0 Å². The van der Waals surface area contributed by atoms with E-state index in [0.717, 1.165) is 31.1 Å². The SMILES string of the molecule is CN(C)C[C@@H]1CN(CC(=O)NC[C@H]2COc3ccccc3O2)CCO1. The summed E-state index contributed by atoms with van der Waals surface area (Å²) in [7, 11) is 4.05. The molecule has 7 nitrogen and oxygen atoms in total. The third-order valence-electron chi connectivity index (χ3n) is 4.25. The van der Waals surface area contributed by atoms with Gasteiger partial charge in [-0.2, -0.15) is 0 Å². The van der Waals surface area contributed by atoms with Crippen molar-refractivity contribution in [2.45, 2.75) is 12.2 Å². The number of likely N-dealkylation sites (N-methyl/N-ethyl adjacent to an activating group) is 1. The fourth-order valence-corrected chi connectivity index (χ4v) is 3.09. The maximum absolute atomic E-state index is 12.2. The number of benzene rings is 1. The van der Waals surface area contributed by atoms with Crippen molar-refractivity contribution in [1.29, 1.82) is 0 Å². The summed E-state index contributed by atoms with van der Waals surface area (Å²) in [4.78, 5) is 16.5. The third-order valence-corrected chi connectivity index (χ3v) is 4.25. The highest BCUT2D eigenvalue weighted by Crippen LogP contribution is 2.30. The molecule has 25 heavy (non-hydrogen) atoms. The van der Waals surface area contributed by atoms with Crippen molar-refractivity contribution in [3.05, 3.63) is 24.3 Å². The Morgan fingerprint density at radius 1 is 1.28 bits per heavy atom. The van der Waals surface area contributed by atoms with E-state index in [0.29, 0.717) is 26.3 Å². The Kier molecular flexibility index (Phi) is 6.12. The van der Waals surface area contributed by atoms with Crippen molar-refractivity contribution in [3.8, 4) is 11.5 Å². The standard InChI is InChI=1S/C18H27N3O4/c1-20(2)10-15-11-21(7-8-23-15)12-18(22)19-9-14-13-24-16-5-3-4-6-17(16)25-14/h3-6,14-15H,7-13H2,1-2H3,(H,19,22)/t14-,15+/m0/s1. The minimum atomic E-state index is -0.162. The number of carbonyl (C=O) groups excluding carboxylic acids is 1. The zero-order valence-electron chi connectivity index (χ0n) is 14.9. The van der Waals surface area contributed by atoms with E-state index in [1.54, 1.807) is 0 Å². The fraction of sp³-hybridized carbons (Fsp3) is 0.611. The first-order valence-corrected chi connectivity index (χ1v) is 8.74. The van der Waals surface area contributed by atoms with E-state index in [1.165, 1.54) is 0 Å². The quantitative estimate of drug-likeness (QED) is 0.792. The minimum Gasteiger partial charge on any atom is -0.486 e. The van der Waals surface area contributed by atoms with Gasteiger partial charge < -0.3 is 24.4 Å². The number of rotatable bonds is 6. The second-order valence-electron chi connectivity index (χ2n) is 6.79. The first-order chi connectivity index (χ1) is 12.1. The molecule has 2 atom stereocenters. The monoisotopic (exact) mass is 349 g/mol. The fourth-order valence-electron chi connectivity index (χ4n) is 3.09. The van der Waals surface area contributed by atoms with Crippen LogP contribution in [0.15, 0.2) is 24.3 Å². The topological polar surface area (TPSA) is 63.3 Å². The predicted molar refractivity (Wildman–Crippen MR) is 94.1 cm³/mol. The molecule has 0 unspecified atom stereocenters. The number of nitrogens with zero attached hydrogens (tertiary/aromatic N) is 2. The molecule has 0 radical (unpaired) electrons. The second-order valence-corrected chi connectivity index (χ2v) is 6.79. The third kappa shape index (κ3) is 5.32. The normalized spacial score (nSPS) is 23.5. The average Bonchev–Trinajstić information content (AvgIpc) is 2.59. The molecule has 2 aliphatic rings. The Labute approximate surface area is 148 Å². The Hall–Kier alpha value is -1.83. The zero-order valence-corrected chi connectivity index (χ0v) is 14.9. The molecule has 1 aromatic carbocycles. The summed E-state index contributed by atoms with van der Waals surface area (Å²) in [6.07, 6.45) is -0.00634. The molecule has 1 saturated heterocycles. The van der Waals surface area contributed by atoms with Crippen LogP contribution in [0.5, 0.6) is 11.5 Å². The highest BCUT2D eigenvalue weighted by molar-refractivity contribution is 5.78. The largest absolute Gasteiger partial charge is 0.486 e. The Bertz CT molecular complexity index is 581. The molecule has 7 heteroatoms. The Balaban J connectivity index is 1.40. The Morgan fingerprint density at radius 3 is 2.88 bits per heavy atom. The van der Waals surface area contributed by atoms with Crippen LogP contribution in [0.4, 0.5) is 0 Å². The number of fused-ring (bicyclic) bond motifs is 1. The van der Waals surface area contributed by atoms with E-state index >= 15 is 0 Å². The summed E-state index contributed by atoms with van der Waals surface area (Å²) in [6.45, 7) is 4.37. The van der Waals surface area contributed by atoms with Crippen LogP contribution in [0.3, 0.4) is 0 Å². The van der Waals surface area contributed by atoms with E-state index in [-0.39, 0.29) is 18.1 Å². The summed E-state index contributed by atoms with van der Waals surface area (Å²) < 4.78 is 17.3. The van der Waals surface area contributed by atoms with Crippen molar-refractivity contribution in [2.24, 2.45) is 0 Å². The van der Waals surface area contributed by atoms with Crippen LogP contribution >= 0.6 is 0 Å². The highest BCUT2D eigenvalue weighted by atomic mass is 16.6. The molecule has 2 aliphatic heterocycles. The summed E-state index contributed by atoms with van der Waals surface area (Å²) in [5.41, 5.74) is 0. The van der Waals surface area contributed by atoms with E-state index in [4.69, 9.17) is 14.2 Å². The van der Waals surface area contributed by atoms with Gasteiger partial charge in [-0.05, 0) is 26.2 Å². The zero-order chi connectivity index (χ0) is 17.6. The summed E-state index contributed by atoms with van der Waals surface area (Å²) in [5.74, 6) is 1.49. The molecule has 1 N–H and O–H groups in total. The van der Waals surface area contributed by atoms with Gasteiger partial charge >= 0.3 is 0 Å². The van der Waals surface area contributed by atoms with E-state index in [2.05, 4.69) is 15.1 Å². The van der Waals surface area contributed by atoms with Crippen molar-refractivity contribution >= 4 is 5.91 Å². The number of morpholine rings is 1. The number of carbonyl (C=O) groups is 1. The Morgan fingerprint density at radius 2 is 2.08 bits per heavy atom. The minimum absolute atomic E-state index is 0.00737. The molecule has 1 fully saturated rings. The lowest BCUT2D eigenvalue weighted by molar-refractivity contribution is -0.125. The number of para-hydroxylation sites is 2. The first kappa shape index (κ1) is 18.0. The lowest BCUT2D eigenvalue weighted by Crippen LogP contribution is -2.50. The second kappa shape index (κ2) is 8.51. The van der Waals surface area contributed by atoms with E-state index in [9.17, 15) is 4.79 Å². The molecule has 0 saturated carbocycles. The lowest BCUT2D eigenvalue weighted by atomic mass is 10.2. The van der Waals surface area contributed by atoms with Crippen LogP contribution in [-0.4, -0.2) is 87.9 Å². The van der Waals surface area contributed by atoms with Crippen LogP contribution in [0.2, 0.25) is 0 Å². The maximum atomic E-state index is 12.2. The molecule has 0 aliphatic carbocycles. The van der Waals surface area contributed by atoms with E-state index < -0.39 is 0 Å². The van der Waals surface area contributed by atoms with Gasteiger partial charge in [-0.25, -0.2) is 0 Å². The van der Waals surface area contributed by atoms with E-state index in [1.807, 2.05) is 38.4 Å². The van der Waals surface area contributed by atoms with Gasteiger partial charge in [0.15, 0.2) is 11.5 Å². The molecule has 1 amide bonds. The van der Waals surface area contributed by atoms with Crippen molar-refractivity contribution in [1.82, 2.24) is 15.1 Å². The number of hydrogen-bond donors (Lipinski definition) is 1. The number of nitrogens with one attached hydrogen (secondary N) is 1. The maximum Gasteiger partial charge on any atom is 0.234 e. The molecular weight excluding hydrogens is 322 g/mol. The molecule has 2 heterocycles. The lowest BCUT2D eigenvalue weighted by Gasteiger charge is -2.33. The van der Waals surface area contributed by atoms with Crippen molar-refractivity contribution < 1.29 is 19.0 Å². The molecule has 0 spiro atoms. The van der Waals surface area contributed by atoms with Crippen LogP contribution in [0, 0.1) is 0 Å². The van der Waals surface area contributed by atoms with Gasteiger partial charge in [-0.15, -0.1) is 0 Å². The van der Waals surface area contributed by atoms with Gasteiger partial charge in [0, 0.05) is 19.6 Å². The van der Waals surface area contributed by atoms with Gasteiger partial charge in [0.1, 0.15) is 12.7 Å². The smallest absolute Gasteiger partial charge is 0.234 e. The number of amides is 1. The van der Waals surface area contributed by atoms with Crippen LogP contribution in [0.25, 0.3) is 0 Å². The molecule has 0 aromatic heterocycles. The molecule has 0 bridgehead atoms. The van der Waals surface area contributed by atoms with Crippen molar-refractivity contribution in [2.75, 3.05) is 60.0 Å². The molecule has 138 valence electrons. The average molecular weight is 349 g/mol. The summed E-state index contributed by atoms with van der Waals surface area (Å²) >= 11 is 0. The molecule has 1 aromatic rings. The molecular formula is C18H27N3O4. The summed E-state index contributed by atoms with van der Waals surface area (Å²) in [6, 6.07) is 7.58. The van der Waals surface area contributed by atoms with Crippen LogP contribution < -0.4 is 14.8 Å². The van der Waals surface area contributed by atoms with Gasteiger partial charge in [-0.1, -0.05) is 12.1 Å². The van der Waals surface area contributed by atoms with Gasteiger partial charge in [0.05, 0.1) is 25.8 Å². The number of hydrogen-bond acceptors (Lipinski definition) is 6. The highest BCUT2D eigenvalue weighted by Gasteiger charge is 2.24. The predicted octanol–water partition coefficient (Wildman–Crippen LogP) is 0.205. The van der Waals surface area contributed by atoms with Crippen molar-refractivity contribution in [3.63, 3.8) is 0 Å². The van der Waals surface area contributed by atoms with Gasteiger partial charge in [0.2, 0.25) is 5.91 Å².